The molecule has 0 N–H and O–H groups in total. The number of thiazole rings is 1. The monoisotopic (exact) mass is 486 g/mol. The Morgan fingerprint density at radius 2 is 1.84 bits per heavy atom. The molecular weight excluding hydrogens is 466 g/mol. The molecule has 0 saturated heterocycles. The van der Waals surface area contributed by atoms with E-state index in [9.17, 15) is 0 Å². The second-order valence-corrected chi connectivity index (χ2v) is 9.44. The van der Waals surface area contributed by atoms with Crippen molar-refractivity contribution in [2.24, 2.45) is 7.05 Å². The van der Waals surface area contributed by atoms with Crippen LogP contribution < -0.4 is 9.47 Å². The van der Waals surface area contributed by atoms with E-state index in [1.54, 1.807) is 11.3 Å². The van der Waals surface area contributed by atoms with Gasteiger partial charge in [0, 0.05) is 30.1 Å². The normalized spacial score (nSPS) is 15.0. The number of nitrogens with zero attached hydrogens (tertiary/aromatic N) is 3. The van der Waals surface area contributed by atoms with Crippen molar-refractivity contribution in [3.63, 3.8) is 0 Å². The van der Waals surface area contributed by atoms with Crippen LogP contribution >= 0.6 is 27.3 Å². The minimum Gasteiger partial charge on any atom is -0.344 e. The maximum atomic E-state index is 4.78. The van der Waals surface area contributed by atoms with Crippen LogP contribution in [0.2, 0.25) is 0 Å². The molecule has 2 aromatic heterocycles. The fourth-order valence-electron chi connectivity index (χ4n) is 3.89. The van der Waals surface area contributed by atoms with Crippen LogP contribution in [0, 0.1) is 0 Å². The summed E-state index contributed by atoms with van der Waals surface area (Å²) in [6.45, 7) is 0. The van der Waals surface area contributed by atoms with E-state index in [4.69, 9.17) is 4.98 Å². The highest BCUT2D eigenvalue weighted by Gasteiger charge is 2.20. The zero-order valence-electron chi connectivity index (χ0n) is 17.3. The summed E-state index contributed by atoms with van der Waals surface area (Å²) in [5.41, 5.74) is 7.03. The number of anilines is 1. The number of allylic oxidation sites excluding steroid dienone is 4. The van der Waals surface area contributed by atoms with Crippen molar-refractivity contribution in [3.8, 4) is 0 Å². The smallest absolute Gasteiger partial charge is 0.342 e. The first kappa shape index (κ1) is 19.9. The van der Waals surface area contributed by atoms with Gasteiger partial charge in [0.15, 0.2) is 0 Å². The van der Waals surface area contributed by atoms with Gasteiger partial charge in [-0.25, -0.2) is 4.57 Å². The Labute approximate surface area is 194 Å². The lowest BCUT2D eigenvalue weighted by atomic mass is 9.95. The van der Waals surface area contributed by atoms with Gasteiger partial charge >= 0.3 is 5.65 Å². The van der Waals surface area contributed by atoms with Crippen molar-refractivity contribution in [2.75, 3.05) is 11.9 Å². The molecule has 0 fully saturated rings. The van der Waals surface area contributed by atoms with E-state index >= 15 is 0 Å². The van der Waals surface area contributed by atoms with Crippen molar-refractivity contribution in [3.05, 3.63) is 106 Å². The predicted molar refractivity (Wildman–Crippen MR) is 135 cm³/mol. The number of pyridine rings is 1. The summed E-state index contributed by atoms with van der Waals surface area (Å²) in [6, 6.07) is 21.2. The average Bonchev–Trinajstić information content (AvgIpc) is 3.19. The number of fused-ring (bicyclic) bond motifs is 2. The van der Waals surface area contributed by atoms with Crippen LogP contribution in [0.1, 0.15) is 16.1 Å². The van der Waals surface area contributed by atoms with Gasteiger partial charge in [0.25, 0.3) is 0 Å². The Hall–Kier alpha value is -3.02. The van der Waals surface area contributed by atoms with Crippen LogP contribution in [-0.2, 0) is 7.05 Å². The molecule has 5 rings (SSSR count). The van der Waals surface area contributed by atoms with Crippen LogP contribution in [0.4, 0.5) is 5.69 Å². The number of hydrogen-bond donors (Lipinski definition) is 0. The molecular formula is C26H21BrN3S+. The zero-order valence-corrected chi connectivity index (χ0v) is 19.7. The molecule has 0 bridgehead atoms. The summed E-state index contributed by atoms with van der Waals surface area (Å²) < 4.78 is 4.28. The number of halogens is 1. The van der Waals surface area contributed by atoms with E-state index in [0.717, 1.165) is 15.1 Å². The molecule has 0 spiro atoms. The van der Waals surface area contributed by atoms with E-state index < -0.39 is 0 Å². The van der Waals surface area contributed by atoms with Crippen molar-refractivity contribution in [1.82, 2.24) is 4.98 Å². The maximum Gasteiger partial charge on any atom is 0.342 e. The number of aryl methyl sites for hydroxylation is 1. The van der Waals surface area contributed by atoms with Gasteiger partial charge in [0.05, 0.1) is 11.5 Å². The van der Waals surface area contributed by atoms with Crippen LogP contribution in [0.15, 0.2) is 89.6 Å². The molecule has 5 heteroatoms. The standard InChI is InChI=1S/C26H21BrN3S/c1-29-17-20(27)16-24-26(29)28-25(31-24)14-8-11-19-15-23(18-9-4-3-5-10-18)30(2)22-13-7-6-12-21(19)22/h3-17H,1-2H3/q+1. The van der Waals surface area contributed by atoms with Crippen LogP contribution in [-0.4, -0.2) is 12.0 Å². The highest BCUT2D eigenvalue weighted by Crippen LogP contribution is 2.38. The van der Waals surface area contributed by atoms with Gasteiger partial charge in [-0.3, -0.25) is 0 Å². The second kappa shape index (κ2) is 8.25. The Bertz CT molecular complexity index is 1370. The number of hydrogen-bond acceptors (Lipinski definition) is 3. The molecule has 1 aliphatic heterocycles. The summed E-state index contributed by atoms with van der Waals surface area (Å²) >= 11 is 5.26. The minimum absolute atomic E-state index is 0.994. The SMILES string of the molecule is CN1C(c2ccccc2)=C/C(=C\C=C\c2nc3c(cc(Br)c[n+]3C)s2)c2ccccc21. The third-order valence-electron chi connectivity index (χ3n) is 5.39. The molecule has 31 heavy (non-hydrogen) atoms. The average molecular weight is 487 g/mol. The minimum atomic E-state index is 0.994. The predicted octanol–water partition coefficient (Wildman–Crippen LogP) is 6.47. The van der Waals surface area contributed by atoms with Gasteiger partial charge < -0.3 is 4.90 Å². The molecule has 4 aromatic rings. The molecule has 0 aliphatic carbocycles. The topological polar surface area (TPSA) is 20.0 Å². The first-order chi connectivity index (χ1) is 15.1. The van der Waals surface area contributed by atoms with E-state index in [1.165, 1.54) is 32.8 Å². The maximum absolute atomic E-state index is 4.78. The highest BCUT2D eigenvalue weighted by atomic mass is 79.9. The Kier molecular flexibility index (Phi) is 5.30. The number of rotatable bonds is 3. The van der Waals surface area contributed by atoms with Gasteiger partial charge in [-0.2, -0.15) is 0 Å². The molecule has 3 nitrogen and oxygen atoms in total. The summed E-state index contributed by atoms with van der Waals surface area (Å²) in [7, 11) is 4.15. The van der Waals surface area contributed by atoms with Crippen LogP contribution in [0.25, 0.3) is 27.7 Å². The Morgan fingerprint density at radius 1 is 1.06 bits per heavy atom. The second-order valence-electron chi connectivity index (χ2n) is 7.46. The van der Waals surface area contributed by atoms with Gasteiger partial charge in [-0.1, -0.05) is 72.0 Å². The van der Waals surface area contributed by atoms with Gasteiger partial charge in [0.2, 0.25) is 5.01 Å². The molecule has 0 saturated carbocycles. The molecule has 2 aromatic carbocycles. The summed E-state index contributed by atoms with van der Waals surface area (Å²) in [4.78, 5) is 7.04. The van der Waals surface area contributed by atoms with Gasteiger partial charge in [-0.05, 0) is 50.3 Å². The van der Waals surface area contributed by atoms with Crippen LogP contribution in [0.5, 0.6) is 0 Å². The van der Waals surface area contributed by atoms with Crippen molar-refractivity contribution in [2.45, 2.75) is 0 Å². The summed E-state index contributed by atoms with van der Waals surface area (Å²) in [5.74, 6) is 0. The quantitative estimate of drug-likeness (QED) is 0.309. The van der Waals surface area contributed by atoms with Gasteiger partial charge in [0.1, 0.15) is 10.9 Å². The van der Waals surface area contributed by atoms with Crippen molar-refractivity contribution < 1.29 is 4.57 Å². The van der Waals surface area contributed by atoms with E-state index in [1.807, 2.05) is 17.8 Å². The van der Waals surface area contributed by atoms with E-state index in [2.05, 4.69) is 113 Å². The van der Waals surface area contributed by atoms with Crippen molar-refractivity contribution in [1.29, 1.82) is 0 Å². The number of para-hydroxylation sites is 1. The first-order valence-electron chi connectivity index (χ1n) is 10.0. The molecule has 152 valence electrons. The van der Waals surface area contributed by atoms with Gasteiger partial charge in [-0.15, -0.1) is 0 Å². The summed E-state index contributed by atoms with van der Waals surface area (Å²) in [6.07, 6.45) is 10.7. The molecule has 0 amide bonds. The molecule has 1 aliphatic rings. The number of benzene rings is 2. The lowest BCUT2D eigenvalue weighted by Gasteiger charge is -2.30. The highest BCUT2D eigenvalue weighted by molar-refractivity contribution is 9.10. The Morgan fingerprint density at radius 3 is 2.68 bits per heavy atom. The third-order valence-corrected chi connectivity index (χ3v) is 6.78. The van der Waals surface area contributed by atoms with Crippen molar-refractivity contribution >= 4 is 60.6 Å². The molecule has 0 unspecified atom stereocenters. The lowest BCUT2D eigenvalue weighted by Crippen LogP contribution is -2.28. The molecule has 0 atom stereocenters. The molecule has 3 heterocycles. The first-order valence-corrected chi connectivity index (χ1v) is 11.7. The lowest BCUT2D eigenvalue weighted by molar-refractivity contribution is -0.647. The fourth-order valence-corrected chi connectivity index (χ4v) is 5.55. The zero-order chi connectivity index (χ0) is 21.4. The Balaban J connectivity index is 1.54. The summed E-state index contributed by atoms with van der Waals surface area (Å²) in [5, 5.41) is 0.994. The third kappa shape index (κ3) is 3.87. The fraction of sp³-hybridized carbons (Fsp3) is 0.0769. The number of aromatic nitrogens is 2. The molecule has 0 radical (unpaired) electrons. The van der Waals surface area contributed by atoms with E-state index in [0.29, 0.717) is 0 Å². The largest absolute Gasteiger partial charge is 0.344 e. The van der Waals surface area contributed by atoms with Crippen LogP contribution in [0.3, 0.4) is 0 Å². The van der Waals surface area contributed by atoms with E-state index in [-0.39, 0.29) is 0 Å².